The van der Waals surface area contributed by atoms with E-state index in [9.17, 15) is 4.79 Å². The molecule has 0 aliphatic carbocycles. The highest BCUT2D eigenvalue weighted by Crippen LogP contribution is 2.25. The van der Waals surface area contributed by atoms with Gasteiger partial charge in [0.1, 0.15) is 0 Å². The van der Waals surface area contributed by atoms with Gasteiger partial charge in [-0.05, 0) is 42.0 Å². The van der Waals surface area contributed by atoms with Crippen molar-refractivity contribution in [3.05, 3.63) is 82.1 Å². The van der Waals surface area contributed by atoms with Gasteiger partial charge in [0.25, 0.3) is 5.91 Å². The maximum absolute atomic E-state index is 12.3. The summed E-state index contributed by atoms with van der Waals surface area (Å²) in [6, 6.07) is 14.1. The Kier molecular flexibility index (Phi) is 4.65. The van der Waals surface area contributed by atoms with Crippen molar-refractivity contribution in [2.75, 3.05) is 5.32 Å². The molecule has 0 bridgehead atoms. The normalized spacial score (nSPS) is 10.5. The van der Waals surface area contributed by atoms with E-state index in [0.29, 0.717) is 27.8 Å². The second kappa shape index (κ2) is 6.86. The summed E-state index contributed by atoms with van der Waals surface area (Å²) in [5, 5.41) is 7.87. The summed E-state index contributed by atoms with van der Waals surface area (Å²) in [5.74, 6) is -0.236. The molecule has 0 saturated carbocycles. The van der Waals surface area contributed by atoms with Crippen LogP contribution in [-0.2, 0) is 6.54 Å². The Morgan fingerprint density at radius 1 is 1.13 bits per heavy atom. The van der Waals surface area contributed by atoms with Gasteiger partial charge in [-0.3, -0.25) is 9.48 Å². The third-order valence-electron chi connectivity index (χ3n) is 3.30. The topological polar surface area (TPSA) is 46.9 Å². The van der Waals surface area contributed by atoms with Gasteiger partial charge in [0.15, 0.2) is 0 Å². The minimum atomic E-state index is -0.236. The van der Waals surface area contributed by atoms with Gasteiger partial charge in [-0.15, -0.1) is 0 Å². The Morgan fingerprint density at radius 2 is 1.91 bits per heavy atom. The molecule has 0 unspecified atom stereocenters. The van der Waals surface area contributed by atoms with Gasteiger partial charge in [0.05, 0.1) is 17.3 Å². The minimum absolute atomic E-state index is 0.236. The molecule has 4 nitrogen and oxygen atoms in total. The Labute approximate surface area is 143 Å². The smallest absolute Gasteiger partial charge is 0.255 e. The lowest BCUT2D eigenvalue weighted by atomic mass is 10.1. The van der Waals surface area contributed by atoms with Crippen LogP contribution in [0.4, 0.5) is 5.69 Å². The number of aromatic nitrogens is 2. The predicted octanol–water partition coefficient (Wildman–Crippen LogP) is 4.49. The predicted molar refractivity (Wildman–Crippen MR) is 92.2 cm³/mol. The number of anilines is 1. The lowest BCUT2D eigenvalue weighted by Crippen LogP contribution is -2.12. The molecule has 0 atom stereocenters. The third kappa shape index (κ3) is 3.92. The maximum atomic E-state index is 12.3. The first-order valence-electron chi connectivity index (χ1n) is 6.94. The number of carbonyl (C=O) groups is 1. The number of nitrogens with zero attached hydrogens (tertiary/aromatic N) is 2. The fraction of sp³-hybridized carbons (Fsp3) is 0.0588. The Bertz CT molecular complexity index is 814. The van der Waals surface area contributed by atoms with Crippen molar-refractivity contribution in [1.82, 2.24) is 9.78 Å². The molecule has 0 spiro atoms. The van der Waals surface area contributed by atoms with Crippen LogP contribution in [0.3, 0.4) is 0 Å². The standard InChI is InChI=1S/C17H13Cl2N3O/c18-14-6-7-15(19)16(10-14)21-17(23)13-4-2-12(3-5-13)11-22-9-1-8-20-22/h1-10H,11H2,(H,21,23). The number of rotatable bonds is 4. The van der Waals surface area contributed by atoms with Crippen LogP contribution in [0.2, 0.25) is 10.0 Å². The first-order valence-corrected chi connectivity index (χ1v) is 7.70. The third-order valence-corrected chi connectivity index (χ3v) is 3.86. The molecule has 0 radical (unpaired) electrons. The molecular weight excluding hydrogens is 333 g/mol. The summed E-state index contributed by atoms with van der Waals surface area (Å²) in [5.41, 5.74) is 2.10. The number of nitrogens with one attached hydrogen (secondary N) is 1. The highest BCUT2D eigenvalue weighted by molar-refractivity contribution is 6.35. The van der Waals surface area contributed by atoms with Gasteiger partial charge >= 0.3 is 0 Å². The van der Waals surface area contributed by atoms with E-state index >= 15 is 0 Å². The zero-order valence-electron chi connectivity index (χ0n) is 12.0. The van der Waals surface area contributed by atoms with E-state index in [1.54, 1.807) is 36.5 Å². The molecule has 0 aliphatic rings. The summed E-state index contributed by atoms with van der Waals surface area (Å²) in [6.07, 6.45) is 3.62. The Morgan fingerprint density at radius 3 is 2.61 bits per heavy atom. The van der Waals surface area contributed by atoms with Crippen LogP contribution in [0.15, 0.2) is 60.9 Å². The molecule has 6 heteroatoms. The lowest BCUT2D eigenvalue weighted by Gasteiger charge is -2.08. The molecule has 2 aromatic carbocycles. The van der Waals surface area contributed by atoms with Gasteiger partial charge in [0, 0.05) is 23.0 Å². The summed E-state index contributed by atoms with van der Waals surface area (Å²) in [6.45, 7) is 0.662. The molecule has 1 aromatic heterocycles. The van der Waals surface area contributed by atoms with E-state index in [0.717, 1.165) is 5.56 Å². The number of halogens is 2. The van der Waals surface area contributed by atoms with Crippen LogP contribution in [0.1, 0.15) is 15.9 Å². The van der Waals surface area contributed by atoms with Crippen LogP contribution in [0.25, 0.3) is 0 Å². The highest BCUT2D eigenvalue weighted by atomic mass is 35.5. The maximum Gasteiger partial charge on any atom is 0.255 e. The van der Waals surface area contributed by atoms with Gasteiger partial charge in [0.2, 0.25) is 0 Å². The average molecular weight is 346 g/mol. The summed E-state index contributed by atoms with van der Waals surface area (Å²) in [4.78, 5) is 12.3. The molecular formula is C17H13Cl2N3O. The molecule has 0 fully saturated rings. The van der Waals surface area contributed by atoms with Crippen LogP contribution < -0.4 is 5.32 Å². The molecule has 0 saturated heterocycles. The molecule has 0 aliphatic heterocycles. The van der Waals surface area contributed by atoms with Crippen LogP contribution >= 0.6 is 23.2 Å². The minimum Gasteiger partial charge on any atom is -0.321 e. The quantitative estimate of drug-likeness (QED) is 0.757. The van der Waals surface area contributed by atoms with Gasteiger partial charge in [-0.2, -0.15) is 5.10 Å². The summed E-state index contributed by atoms with van der Waals surface area (Å²) in [7, 11) is 0. The summed E-state index contributed by atoms with van der Waals surface area (Å²) >= 11 is 12.0. The van der Waals surface area contributed by atoms with Crippen molar-refractivity contribution in [1.29, 1.82) is 0 Å². The molecule has 1 N–H and O–H groups in total. The van der Waals surface area contributed by atoms with E-state index in [-0.39, 0.29) is 5.91 Å². The summed E-state index contributed by atoms with van der Waals surface area (Å²) < 4.78 is 1.82. The molecule has 3 rings (SSSR count). The van der Waals surface area contributed by atoms with Crippen molar-refractivity contribution in [2.24, 2.45) is 0 Å². The highest BCUT2D eigenvalue weighted by Gasteiger charge is 2.09. The fourth-order valence-electron chi connectivity index (χ4n) is 2.13. The molecule has 23 heavy (non-hydrogen) atoms. The monoisotopic (exact) mass is 345 g/mol. The fourth-order valence-corrected chi connectivity index (χ4v) is 2.47. The van der Waals surface area contributed by atoms with Gasteiger partial charge < -0.3 is 5.32 Å². The van der Waals surface area contributed by atoms with Crippen molar-refractivity contribution in [2.45, 2.75) is 6.54 Å². The SMILES string of the molecule is O=C(Nc1cc(Cl)ccc1Cl)c1ccc(Cn2cccn2)cc1. The first-order chi connectivity index (χ1) is 11.1. The lowest BCUT2D eigenvalue weighted by molar-refractivity contribution is 0.102. The number of carbonyl (C=O) groups excluding carboxylic acids is 1. The number of hydrogen-bond acceptors (Lipinski definition) is 2. The number of hydrogen-bond donors (Lipinski definition) is 1. The van der Waals surface area contributed by atoms with Gasteiger partial charge in [-0.1, -0.05) is 35.3 Å². The van der Waals surface area contributed by atoms with Gasteiger partial charge in [-0.25, -0.2) is 0 Å². The number of amides is 1. The van der Waals surface area contributed by atoms with Crippen molar-refractivity contribution in [3.8, 4) is 0 Å². The Hall–Kier alpha value is -2.30. The van der Waals surface area contributed by atoms with E-state index in [4.69, 9.17) is 23.2 Å². The molecule has 3 aromatic rings. The Balaban J connectivity index is 1.71. The zero-order valence-corrected chi connectivity index (χ0v) is 13.6. The van der Waals surface area contributed by atoms with Crippen LogP contribution in [-0.4, -0.2) is 15.7 Å². The largest absolute Gasteiger partial charge is 0.321 e. The van der Waals surface area contributed by atoms with Crippen molar-refractivity contribution < 1.29 is 4.79 Å². The van der Waals surface area contributed by atoms with E-state index in [2.05, 4.69) is 10.4 Å². The molecule has 1 amide bonds. The van der Waals surface area contributed by atoms with E-state index in [1.165, 1.54) is 0 Å². The number of benzene rings is 2. The van der Waals surface area contributed by atoms with Crippen LogP contribution in [0, 0.1) is 0 Å². The van der Waals surface area contributed by atoms with Crippen molar-refractivity contribution >= 4 is 34.8 Å². The zero-order chi connectivity index (χ0) is 16.2. The van der Waals surface area contributed by atoms with Crippen LogP contribution in [0.5, 0.6) is 0 Å². The second-order valence-corrected chi connectivity index (χ2v) is 5.82. The second-order valence-electron chi connectivity index (χ2n) is 4.98. The van der Waals surface area contributed by atoms with E-state index in [1.807, 2.05) is 29.1 Å². The van der Waals surface area contributed by atoms with E-state index < -0.39 is 0 Å². The molecule has 116 valence electrons. The average Bonchev–Trinajstić information content (AvgIpc) is 3.04. The van der Waals surface area contributed by atoms with Crippen molar-refractivity contribution in [3.63, 3.8) is 0 Å². The first kappa shape index (κ1) is 15.6. The molecule has 1 heterocycles.